The molecule has 0 saturated carbocycles. The van der Waals surface area contributed by atoms with Crippen LogP contribution in [0.5, 0.6) is 0 Å². The third kappa shape index (κ3) is 3.49. The fourth-order valence-corrected chi connectivity index (χ4v) is 1.55. The molecule has 0 fully saturated rings. The molecular weight excluding hydrogens is 223 g/mol. The molecule has 92 valence electrons. The average Bonchev–Trinajstić information content (AvgIpc) is 2.31. The first-order valence-corrected chi connectivity index (χ1v) is 5.31. The summed E-state index contributed by atoms with van der Waals surface area (Å²) in [5, 5.41) is 27.9. The maximum atomic E-state index is 13.3. The van der Waals surface area contributed by atoms with E-state index in [9.17, 15) is 14.6 Å². The van der Waals surface area contributed by atoms with E-state index in [0.717, 1.165) is 0 Å². The van der Waals surface area contributed by atoms with E-state index in [1.807, 2.05) is 6.07 Å². The molecule has 5 heteroatoms. The first kappa shape index (κ1) is 13.6. The lowest BCUT2D eigenvalue weighted by Crippen LogP contribution is -2.22. The molecule has 0 heterocycles. The van der Waals surface area contributed by atoms with Gasteiger partial charge in [-0.25, -0.2) is 4.39 Å². The number of benzene rings is 1. The summed E-state index contributed by atoms with van der Waals surface area (Å²) in [6.07, 6.45) is -1.91. The normalized spacial score (nSPS) is 14.1. The molecule has 0 aromatic heterocycles. The summed E-state index contributed by atoms with van der Waals surface area (Å²) >= 11 is 0. The molecule has 0 radical (unpaired) electrons. The van der Waals surface area contributed by atoms with Crippen molar-refractivity contribution in [3.05, 3.63) is 35.1 Å². The summed E-state index contributed by atoms with van der Waals surface area (Å²) in [5.74, 6) is -0.490. The Balaban J connectivity index is 2.91. The molecule has 1 rings (SSSR count). The van der Waals surface area contributed by atoms with E-state index in [0.29, 0.717) is 5.56 Å². The molecule has 0 aliphatic heterocycles. The van der Waals surface area contributed by atoms with E-state index in [1.165, 1.54) is 18.2 Å². The Morgan fingerprint density at radius 1 is 1.41 bits per heavy atom. The van der Waals surface area contributed by atoms with E-state index < -0.39 is 18.0 Å². The Labute approximate surface area is 99.1 Å². The van der Waals surface area contributed by atoms with E-state index in [2.05, 4.69) is 0 Å². The van der Waals surface area contributed by atoms with Crippen molar-refractivity contribution in [3.63, 3.8) is 0 Å². The minimum Gasteiger partial charge on any atom is -0.390 e. The lowest BCUT2D eigenvalue weighted by atomic mass is 9.99. The summed E-state index contributed by atoms with van der Waals surface area (Å²) in [7, 11) is 0. The third-order valence-corrected chi connectivity index (χ3v) is 2.51. The van der Waals surface area contributed by atoms with Gasteiger partial charge in [-0.05, 0) is 30.7 Å². The second-order valence-electron chi connectivity index (χ2n) is 3.78. The Hall–Kier alpha value is -1.48. The fourth-order valence-electron chi connectivity index (χ4n) is 1.55. The van der Waals surface area contributed by atoms with Crippen LogP contribution >= 0.6 is 0 Å². The Bertz CT molecular complexity index is 417. The molecule has 17 heavy (non-hydrogen) atoms. The largest absolute Gasteiger partial charge is 0.390 e. The van der Waals surface area contributed by atoms with Gasteiger partial charge in [0, 0.05) is 5.56 Å². The van der Waals surface area contributed by atoms with E-state index in [4.69, 9.17) is 11.0 Å². The SMILES string of the molecule is N#CCc1cc(C(O)C(O)CCN)ccc1F. The molecule has 0 spiro atoms. The number of nitrogens with two attached hydrogens (primary N) is 1. The van der Waals surface area contributed by atoms with Crippen LogP contribution in [0.2, 0.25) is 0 Å². The molecule has 0 aliphatic rings. The van der Waals surface area contributed by atoms with Crippen LogP contribution < -0.4 is 5.73 Å². The molecular formula is C12H15FN2O2. The molecule has 0 saturated heterocycles. The van der Waals surface area contributed by atoms with Crippen molar-refractivity contribution >= 4 is 0 Å². The van der Waals surface area contributed by atoms with Crippen LogP contribution in [0.1, 0.15) is 23.7 Å². The van der Waals surface area contributed by atoms with Gasteiger partial charge in [-0.1, -0.05) is 6.07 Å². The second-order valence-corrected chi connectivity index (χ2v) is 3.78. The van der Waals surface area contributed by atoms with Crippen molar-refractivity contribution in [2.75, 3.05) is 6.54 Å². The topological polar surface area (TPSA) is 90.3 Å². The third-order valence-electron chi connectivity index (χ3n) is 2.51. The maximum absolute atomic E-state index is 13.3. The van der Waals surface area contributed by atoms with Crippen molar-refractivity contribution in [1.82, 2.24) is 0 Å². The standard InChI is InChI=1S/C12H15FN2O2/c13-10-2-1-9(7-8(10)3-5-14)12(17)11(16)4-6-15/h1-2,7,11-12,16-17H,3-4,6,15H2. The zero-order valence-electron chi connectivity index (χ0n) is 9.31. The second kappa shape index (κ2) is 6.30. The van der Waals surface area contributed by atoms with Gasteiger partial charge in [0.05, 0.1) is 18.6 Å². The zero-order chi connectivity index (χ0) is 12.8. The van der Waals surface area contributed by atoms with Gasteiger partial charge in [0.15, 0.2) is 0 Å². The van der Waals surface area contributed by atoms with Crippen molar-refractivity contribution in [1.29, 1.82) is 5.26 Å². The number of nitrogens with zero attached hydrogens (tertiary/aromatic N) is 1. The smallest absolute Gasteiger partial charge is 0.127 e. The van der Waals surface area contributed by atoms with Gasteiger partial charge >= 0.3 is 0 Å². The molecule has 0 bridgehead atoms. The predicted octanol–water partition coefficient (Wildman–Crippen LogP) is 0.635. The minimum absolute atomic E-state index is 0.0701. The molecule has 2 unspecified atom stereocenters. The van der Waals surface area contributed by atoms with E-state index >= 15 is 0 Å². The van der Waals surface area contributed by atoms with Gasteiger partial charge in [0.1, 0.15) is 11.9 Å². The average molecular weight is 238 g/mol. The lowest BCUT2D eigenvalue weighted by Gasteiger charge is -2.18. The number of nitriles is 1. The van der Waals surface area contributed by atoms with Gasteiger partial charge < -0.3 is 15.9 Å². The molecule has 1 aromatic carbocycles. The first-order valence-electron chi connectivity index (χ1n) is 5.31. The van der Waals surface area contributed by atoms with Crippen LogP contribution in [0.3, 0.4) is 0 Å². The van der Waals surface area contributed by atoms with Gasteiger partial charge in [-0.2, -0.15) is 5.26 Å². The Morgan fingerprint density at radius 3 is 2.71 bits per heavy atom. The van der Waals surface area contributed by atoms with Crippen LogP contribution in [0.25, 0.3) is 0 Å². The highest BCUT2D eigenvalue weighted by Crippen LogP contribution is 2.21. The van der Waals surface area contributed by atoms with E-state index in [1.54, 1.807) is 0 Å². The van der Waals surface area contributed by atoms with Crippen LogP contribution in [0, 0.1) is 17.1 Å². The highest BCUT2D eigenvalue weighted by atomic mass is 19.1. The van der Waals surface area contributed by atoms with Crippen LogP contribution in [0.4, 0.5) is 4.39 Å². The summed E-state index contributed by atoms with van der Waals surface area (Å²) in [6, 6.07) is 5.80. The number of hydrogen-bond donors (Lipinski definition) is 3. The van der Waals surface area contributed by atoms with Gasteiger partial charge in [0.2, 0.25) is 0 Å². The first-order chi connectivity index (χ1) is 8.10. The minimum atomic E-state index is -1.11. The van der Waals surface area contributed by atoms with Crippen molar-refractivity contribution in [2.45, 2.75) is 25.0 Å². The van der Waals surface area contributed by atoms with Gasteiger partial charge in [-0.15, -0.1) is 0 Å². The molecule has 4 N–H and O–H groups in total. The Kier molecular flexibility index (Phi) is 5.04. The summed E-state index contributed by atoms with van der Waals surface area (Å²) in [4.78, 5) is 0. The van der Waals surface area contributed by atoms with Crippen molar-refractivity contribution in [2.24, 2.45) is 5.73 Å². The maximum Gasteiger partial charge on any atom is 0.127 e. The molecule has 2 atom stereocenters. The fraction of sp³-hybridized carbons (Fsp3) is 0.417. The number of aliphatic hydroxyl groups is 2. The highest BCUT2D eigenvalue weighted by Gasteiger charge is 2.18. The van der Waals surface area contributed by atoms with Crippen molar-refractivity contribution in [3.8, 4) is 6.07 Å². The summed E-state index contributed by atoms with van der Waals surface area (Å²) in [5.41, 5.74) is 5.87. The quantitative estimate of drug-likeness (QED) is 0.702. The predicted molar refractivity (Wildman–Crippen MR) is 60.4 cm³/mol. The molecule has 1 aromatic rings. The monoisotopic (exact) mass is 238 g/mol. The van der Waals surface area contributed by atoms with Gasteiger partial charge in [0.25, 0.3) is 0 Å². The van der Waals surface area contributed by atoms with Crippen LogP contribution in [-0.4, -0.2) is 22.9 Å². The number of halogens is 1. The molecule has 0 amide bonds. The van der Waals surface area contributed by atoms with Crippen LogP contribution in [-0.2, 0) is 6.42 Å². The van der Waals surface area contributed by atoms with E-state index in [-0.39, 0.29) is 24.9 Å². The number of rotatable bonds is 5. The number of aliphatic hydroxyl groups excluding tert-OH is 2. The zero-order valence-corrected chi connectivity index (χ0v) is 9.31. The highest BCUT2D eigenvalue weighted by molar-refractivity contribution is 5.29. The van der Waals surface area contributed by atoms with Crippen LogP contribution in [0.15, 0.2) is 18.2 Å². The summed E-state index contributed by atoms with van der Waals surface area (Å²) in [6.45, 7) is 0.254. The van der Waals surface area contributed by atoms with Crippen molar-refractivity contribution < 1.29 is 14.6 Å². The number of hydrogen-bond acceptors (Lipinski definition) is 4. The lowest BCUT2D eigenvalue weighted by molar-refractivity contribution is 0.0149. The molecule has 0 aliphatic carbocycles. The summed E-state index contributed by atoms with van der Waals surface area (Å²) < 4.78 is 13.3. The molecule has 4 nitrogen and oxygen atoms in total. The van der Waals surface area contributed by atoms with Gasteiger partial charge in [-0.3, -0.25) is 0 Å². The Morgan fingerprint density at radius 2 is 2.12 bits per heavy atom.